The highest BCUT2D eigenvalue weighted by atomic mass is 32.2. The van der Waals surface area contributed by atoms with Crippen LogP contribution >= 0.6 is 0 Å². The lowest BCUT2D eigenvalue weighted by atomic mass is 9.98. The van der Waals surface area contributed by atoms with Crippen LogP contribution in [0.25, 0.3) is 0 Å². The maximum absolute atomic E-state index is 13.1. The zero-order valence-electron chi connectivity index (χ0n) is 17.7. The fourth-order valence-corrected chi connectivity index (χ4v) is 5.58. The molecule has 1 aliphatic heterocycles. The van der Waals surface area contributed by atoms with Crippen LogP contribution in [0.4, 0.5) is 0 Å². The number of benzene rings is 1. The van der Waals surface area contributed by atoms with Crippen molar-refractivity contribution in [2.75, 3.05) is 33.3 Å². The second-order valence-corrected chi connectivity index (χ2v) is 9.51. The molecule has 1 aliphatic rings. The number of ether oxygens (including phenoxy) is 1. The van der Waals surface area contributed by atoms with Crippen molar-refractivity contribution < 1.29 is 22.5 Å². The molecule has 3 rings (SSSR count). The van der Waals surface area contributed by atoms with Crippen LogP contribution < -0.4 is 4.74 Å². The molecule has 1 amide bonds. The zero-order valence-corrected chi connectivity index (χ0v) is 18.5. The summed E-state index contributed by atoms with van der Waals surface area (Å²) >= 11 is 0. The molecule has 1 atom stereocenters. The molecule has 1 aromatic heterocycles. The highest BCUT2D eigenvalue weighted by molar-refractivity contribution is 7.89. The van der Waals surface area contributed by atoms with Crippen LogP contribution in [-0.2, 0) is 14.8 Å². The van der Waals surface area contributed by atoms with Crippen molar-refractivity contribution >= 4 is 15.9 Å². The summed E-state index contributed by atoms with van der Waals surface area (Å²) in [5.41, 5.74) is 0.344. The molecule has 1 fully saturated rings. The molecule has 0 N–H and O–H groups in total. The molecule has 0 spiro atoms. The minimum atomic E-state index is -3.74. The Hall–Kier alpha value is -2.39. The van der Waals surface area contributed by atoms with E-state index in [9.17, 15) is 13.2 Å². The van der Waals surface area contributed by atoms with Crippen LogP contribution in [0, 0.1) is 19.8 Å². The molecule has 30 heavy (non-hydrogen) atoms. The maximum Gasteiger partial charge on any atom is 0.248 e. The molecule has 1 saturated heterocycles. The van der Waals surface area contributed by atoms with Gasteiger partial charge in [0.05, 0.1) is 12.5 Å². The Balaban J connectivity index is 1.54. The van der Waals surface area contributed by atoms with Crippen molar-refractivity contribution in [2.24, 2.45) is 5.92 Å². The molecule has 0 bridgehead atoms. The number of amides is 1. The minimum absolute atomic E-state index is 0.0339. The van der Waals surface area contributed by atoms with Gasteiger partial charge in [0.15, 0.2) is 5.76 Å². The van der Waals surface area contributed by atoms with Gasteiger partial charge in [-0.3, -0.25) is 4.79 Å². The lowest BCUT2D eigenvalue weighted by Gasteiger charge is -2.33. The van der Waals surface area contributed by atoms with Gasteiger partial charge in [-0.25, -0.2) is 8.42 Å². The number of carbonyl (C=O) groups is 1. The zero-order chi connectivity index (χ0) is 21.7. The van der Waals surface area contributed by atoms with E-state index in [0.717, 1.165) is 5.75 Å². The first-order valence-electron chi connectivity index (χ1n) is 10.2. The van der Waals surface area contributed by atoms with Crippen molar-refractivity contribution in [3.05, 3.63) is 41.8 Å². The molecule has 0 radical (unpaired) electrons. The first kappa shape index (κ1) is 22.3. The van der Waals surface area contributed by atoms with Crippen molar-refractivity contribution in [3.8, 4) is 5.75 Å². The summed E-state index contributed by atoms with van der Waals surface area (Å²) in [6.45, 7) is 4.84. The molecule has 9 heteroatoms. The second-order valence-electron chi connectivity index (χ2n) is 7.63. The summed E-state index contributed by atoms with van der Waals surface area (Å²) in [5, 5.41) is 3.76. The summed E-state index contributed by atoms with van der Waals surface area (Å²) in [6.07, 6.45) is 2.02. The topological polar surface area (TPSA) is 93.0 Å². The van der Waals surface area contributed by atoms with E-state index in [1.165, 1.54) is 4.31 Å². The van der Waals surface area contributed by atoms with Crippen LogP contribution in [-0.4, -0.2) is 62.0 Å². The van der Waals surface area contributed by atoms with E-state index in [2.05, 4.69) is 5.16 Å². The van der Waals surface area contributed by atoms with E-state index in [1.807, 2.05) is 30.3 Å². The fraction of sp³-hybridized carbons (Fsp3) is 0.524. The minimum Gasteiger partial charge on any atom is -0.494 e. The number of aryl methyl sites for hydroxylation is 2. The number of piperidine rings is 1. The van der Waals surface area contributed by atoms with Crippen LogP contribution in [0.15, 0.2) is 39.8 Å². The average Bonchev–Trinajstić information content (AvgIpc) is 3.10. The van der Waals surface area contributed by atoms with Gasteiger partial charge in [0.1, 0.15) is 16.3 Å². The summed E-state index contributed by atoms with van der Waals surface area (Å²) in [6, 6.07) is 9.54. The molecule has 2 aromatic rings. The number of hydrogen-bond acceptors (Lipinski definition) is 6. The normalized spacial score (nSPS) is 17.6. The standard InChI is InChI=1S/C21H29N3O5S/c1-16-20(17(2)29-22-16)30(26,27)24-13-7-9-18(15-24)21(25)23(3)12-8-14-28-19-10-5-4-6-11-19/h4-6,10-11,18H,7-9,12-15H2,1-3H3. The fourth-order valence-electron chi connectivity index (χ4n) is 3.76. The number of hydrogen-bond donors (Lipinski definition) is 0. The van der Waals surface area contributed by atoms with E-state index in [1.54, 1.807) is 25.8 Å². The molecular formula is C21H29N3O5S. The summed E-state index contributed by atoms with van der Waals surface area (Å²) < 4.78 is 38.2. The van der Waals surface area contributed by atoms with E-state index in [-0.39, 0.29) is 29.0 Å². The van der Waals surface area contributed by atoms with E-state index in [4.69, 9.17) is 9.26 Å². The lowest BCUT2D eigenvalue weighted by molar-refractivity contribution is -0.135. The molecule has 2 heterocycles. The summed E-state index contributed by atoms with van der Waals surface area (Å²) in [7, 11) is -1.98. The molecule has 1 unspecified atom stereocenters. The van der Waals surface area contributed by atoms with Crippen molar-refractivity contribution in [2.45, 2.75) is 38.0 Å². The van der Waals surface area contributed by atoms with Gasteiger partial charge in [0, 0.05) is 26.7 Å². The van der Waals surface area contributed by atoms with E-state index >= 15 is 0 Å². The molecule has 1 aromatic carbocycles. The Labute approximate surface area is 177 Å². The quantitative estimate of drug-likeness (QED) is 0.592. The Bertz CT molecular complexity index is 939. The van der Waals surface area contributed by atoms with Crippen molar-refractivity contribution in [3.63, 3.8) is 0 Å². The number of carbonyl (C=O) groups excluding carboxylic acids is 1. The summed E-state index contributed by atoms with van der Waals surface area (Å²) in [5.74, 6) is 0.692. The third kappa shape index (κ3) is 5.02. The van der Waals surface area contributed by atoms with Gasteiger partial charge < -0.3 is 14.2 Å². The van der Waals surface area contributed by atoms with E-state index in [0.29, 0.717) is 44.7 Å². The predicted octanol–water partition coefficient (Wildman–Crippen LogP) is 2.62. The summed E-state index contributed by atoms with van der Waals surface area (Å²) in [4.78, 5) is 14.7. The Morgan fingerprint density at radius 2 is 2.03 bits per heavy atom. The van der Waals surface area contributed by atoms with Gasteiger partial charge in [-0.1, -0.05) is 23.4 Å². The second kappa shape index (κ2) is 9.61. The highest BCUT2D eigenvalue weighted by Crippen LogP contribution is 2.28. The molecular weight excluding hydrogens is 406 g/mol. The highest BCUT2D eigenvalue weighted by Gasteiger charge is 2.37. The van der Waals surface area contributed by atoms with Gasteiger partial charge in [-0.15, -0.1) is 0 Å². The Morgan fingerprint density at radius 1 is 1.30 bits per heavy atom. The Kier molecular flexibility index (Phi) is 7.14. The SMILES string of the molecule is Cc1noc(C)c1S(=O)(=O)N1CCCC(C(=O)N(C)CCCOc2ccccc2)C1. The molecule has 8 nitrogen and oxygen atoms in total. The van der Waals surface area contributed by atoms with Gasteiger partial charge in [-0.2, -0.15) is 4.31 Å². The van der Waals surface area contributed by atoms with Crippen LogP contribution in [0.1, 0.15) is 30.7 Å². The number of para-hydroxylation sites is 1. The smallest absolute Gasteiger partial charge is 0.248 e. The average molecular weight is 436 g/mol. The third-order valence-electron chi connectivity index (χ3n) is 5.33. The molecule has 164 valence electrons. The third-order valence-corrected chi connectivity index (χ3v) is 7.44. The van der Waals surface area contributed by atoms with Crippen LogP contribution in [0.3, 0.4) is 0 Å². The van der Waals surface area contributed by atoms with Crippen LogP contribution in [0.5, 0.6) is 5.75 Å². The first-order valence-corrected chi connectivity index (χ1v) is 11.6. The lowest BCUT2D eigenvalue weighted by Crippen LogP contribution is -2.46. The number of nitrogens with zero attached hydrogens (tertiary/aromatic N) is 3. The van der Waals surface area contributed by atoms with Gasteiger partial charge in [0.2, 0.25) is 15.9 Å². The van der Waals surface area contributed by atoms with Gasteiger partial charge in [-0.05, 0) is 45.2 Å². The number of rotatable bonds is 8. The van der Waals surface area contributed by atoms with Gasteiger partial charge >= 0.3 is 0 Å². The van der Waals surface area contributed by atoms with E-state index < -0.39 is 10.0 Å². The van der Waals surface area contributed by atoms with Crippen molar-refractivity contribution in [1.29, 1.82) is 0 Å². The Morgan fingerprint density at radius 3 is 2.70 bits per heavy atom. The number of sulfonamides is 1. The van der Waals surface area contributed by atoms with Crippen LogP contribution in [0.2, 0.25) is 0 Å². The largest absolute Gasteiger partial charge is 0.494 e. The maximum atomic E-state index is 13.1. The molecule has 0 saturated carbocycles. The number of aromatic nitrogens is 1. The first-order chi connectivity index (χ1) is 14.3. The van der Waals surface area contributed by atoms with Crippen molar-refractivity contribution in [1.82, 2.24) is 14.4 Å². The monoisotopic (exact) mass is 435 g/mol. The van der Waals surface area contributed by atoms with Gasteiger partial charge in [0.25, 0.3) is 0 Å². The predicted molar refractivity (Wildman–Crippen MR) is 112 cm³/mol. The molecule has 0 aliphatic carbocycles.